The second kappa shape index (κ2) is 8.06. The van der Waals surface area contributed by atoms with Crippen LogP contribution in [0.1, 0.15) is 32.3 Å². The minimum Gasteiger partial charge on any atom is -0.495 e. The Balaban J connectivity index is 2.12. The van der Waals surface area contributed by atoms with Crippen molar-refractivity contribution >= 4 is 23.2 Å². The fourth-order valence-corrected chi connectivity index (χ4v) is 2.49. The Morgan fingerprint density at radius 3 is 2.46 bits per heavy atom. The van der Waals surface area contributed by atoms with Crippen LogP contribution in [0.15, 0.2) is 42.5 Å². The van der Waals surface area contributed by atoms with E-state index in [0.717, 1.165) is 5.56 Å². The molecule has 1 N–H and O–H groups in total. The van der Waals surface area contributed by atoms with Gasteiger partial charge in [0.25, 0.3) is 5.91 Å². The van der Waals surface area contributed by atoms with Gasteiger partial charge in [-0.25, -0.2) is 0 Å². The molecule has 0 aromatic heterocycles. The highest BCUT2D eigenvalue weighted by molar-refractivity contribution is 6.31. The highest BCUT2D eigenvalue weighted by Gasteiger charge is 2.18. The smallest absolute Gasteiger partial charge is 0.265 e. The number of nitrogens with one attached hydrogen (secondary N) is 1. The average molecular weight is 348 g/mol. The summed E-state index contributed by atoms with van der Waals surface area (Å²) in [6.45, 7) is 5.89. The maximum atomic E-state index is 12.4. The van der Waals surface area contributed by atoms with E-state index in [1.807, 2.05) is 24.3 Å². The Kier molecular flexibility index (Phi) is 6.10. The van der Waals surface area contributed by atoms with Crippen molar-refractivity contribution in [2.45, 2.75) is 32.8 Å². The molecule has 1 unspecified atom stereocenters. The third-order valence-electron chi connectivity index (χ3n) is 3.63. The molecular formula is C19H22ClNO3. The summed E-state index contributed by atoms with van der Waals surface area (Å²) < 4.78 is 11.1. The third-order valence-corrected chi connectivity index (χ3v) is 3.87. The summed E-state index contributed by atoms with van der Waals surface area (Å²) >= 11 is 5.98. The number of anilines is 1. The summed E-state index contributed by atoms with van der Waals surface area (Å²) in [6, 6.07) is 12.8. The number of halogens is 1. The maximum absolute atomic E-state index is 12.4. The normalized spacial score (nSPS) is 11.9. The van der Waals surface area contributed by atoms with Gasteiger partial charge in [-0.2, -0.15) is 0 Å². The van der Waals surface area contributed by atoms with E-state index in [2.05, 4.69) is 19.2 Å². The van der Waals surface area contributed by atoms with E-state index in [9.17, 15) is 4.79 Å². The predicted molar refractivity (Wildman–Crippen MR) is 97.3 cm³/mol. The maximum Gasteiger partial charge on any atom is 0.265 e. The molecule has 2 rings (SSSR count). The van der Waals surface area contributed by atoms with E-state index in [0.29, 0.717) is 28.1 Å². The second-order valence-corrected chi connectivity index (χ2v) is 6.22. The lowest BCUT2D eigenvalue weighted by molar-refractivity contribution is -0.122. The largest absolute Gasteiger partial charge is 0.495 e. The van der Waals surface area contributed by atoms with Gasteiger partial charge in [0.05, 0.1) is 12.8 Å². The van der Waals surface area contributed by atoms with Crippen LogP contribution in [0, 0.1) is 0 Å². The van der Waals surface area contributed by atoms with Crippen LogP contribution in [0.3, 0.4) is 0 Å². The molecule has 0 spiro atoms. The Bertz CT molecular complexity index is 716. The predicted octanol–water partition coefficient (Wildman–Crippen LogP) is 4.88. The number of hydrogen-bond acceptors (Lipinski definition) is 3. The number of benzene rings is 2. The van der Waals surface area contributed by atoms with E-state index in [1.54, 1.807) is 25.1 Å². The number of ether oxygens (including phenoxy) is 2. The van der Waals surface area contributed by atoms with E-state index in [-0.39, 0.29) is 5.91 Å². The first kappa shape index (κ1) is 18.1. The number of methoxy groups -OCH3 is 1. The van der Waals surface area contributed by atoms with Gasteiger partial charge >= 0.3 is 0 Å². The molecule has 0 saturated heterocycles. The van der Waals surface area contributed by atoms with E-state index in [4.69, 9.17) is 21.1 Å². The van der Waals surface area contributed by atoms with Crippen LogP contribution in [0.4, 0.5) is 5.69 Å². The van der Waals surface area contributed by atoms with Crippen molar-refractivity contribution in [2.75, 3.05) is 12.4 Å². The molecule has 24 heavy (non-hydrogen) atoms. The lowest BCUT2D eigenvalue weighted by Crippen LogP contribution is -2.30. The molecule has 0 fully saturated rings. The monoisotopic (exact) mass is 347 g/mol. The van der Waals surface area contributed by atoms with Crippen molar-refractivity contribution < 1.29 is 14.3 Å². The highest BCUT2D eigenvalue weighted by Crippen LogP contribution is 2.29. The molecule has 4 nitrogen and oxygen atoms in total. The summed E-state index contributed by atoms with van der Waals surface area (Å²) in [7, 11) is 1.54. The standard InChI is InChI=1S/C19H22ClNO3/c1-12(2)15-7-5-6-8-17(15)24-13(3)19(22)21-16-11-14(20)9-10-18(16)23-4/h5-13H,1-4H3,(H,21,22). The zero-order valence-corrected chi connectivity index (χ0v) is 15.1. The molecule has 2 aromatic carbocycles. The highest BCUT2D eigenvalue weighted by atomic mass is 35.5. The fraction of sp³-hybridized carbons (Fsp3) is 0.316. The first-order valence-electron chi connectivity index (χ1n) is 7.82. The number of hydrogen-bond donors (Lipinski definition) is 1. The van der Waals surface area contributed by atoms with Crippen molar-refractivity contribution in [3.8, 4) is 11.5 Å². The van der Waals surface area contributed by atoms with Crippen molar-refractivity contribution in [3.05, 3.63) is 53.1 Å². The van der Waals surface area contributed by atoms with Gasteiger partial charge in [0.15, 0.2) is 6.10 Å². The Hall–Kier alpha value is -2.20. The van der Waals surface area contributed by atoms with Crippen LogP contribution in [-0.4, -0.2) is 19.1 Å². The van der Waals surface area contributed by atoms with Gasteiger partial charge in [0.1, 0.15) is 11.5 Å². The molecule has 0 bridgehead atoms. The number of amides is 1. The van der Waals surface area contributed by atoms with Crippen LogP contribution < -0.4 is 14.8 Å². The van der Waals surface area contributed by atoms with Gasteiger partial charge in [0.2, 0.25) is 0 Å². The summed E-state index contributed by atoms with van der Waals surface area (Å²) in [5, 5.41) is 3.32. The van der Waals surface area contributed by atoms with Crippen LogP contribution in [0.25, 0.3) is 0 Å². The summed E-state index contributed by atoms with van der Waals surface area (Å²) in [6.07, 6.45) is -0.659. The topological polar surface area (TPSA) is 47.6 Å². The summed E-state index contributed by atoms with van der Waals surface area (Å²) in [5.41, 5.74) is 1.58. The fourth-order valence-electron chi connectivity index (χ4n) is 2.32. The van der Waals surface area contributed by atoms with Gasteiger partial charge in [-0.3, -0.25) is 4.79 Å². The first-order valence-corrected chi connectivity index (χ1v) is 8.20. The van der Waals surface area contributed by atoms with E-state index >= 15 is 0 Å². The van der Waals surface area contributed by atoms with Crippen LogP contribution >= 0.6 is 11.6 Å². The summed E-state index contributed by atoms with van der Waals surface area (Å²) in [5.74, 6) is 1.30. The molecule has 0 aliphatic carbocycles. The SMILES string of the molecule is COc1ccc(Cl)cc1NC(=O)C(C)Oc1ccccc1C(C)C. The van der Waals surface area contributed by atoms with Gasteiger partial charge in [-0.05, 0) is 42.7 Å². The van der Waals surface area contributed by atoms with E-state index in [1.165, 1.54) is 7.11 Å². The molecule has 5 heteroatoms. The Labute approximate surface area is 147 Å². The van der Waals surface area contributed by atoms with Crippen LogP contribution in [0.5, 0.6) is 11.5 Å². The lowest BCUT2D eigenvalue weighted by atomic mass is 10.0. The minimum atomic E-state index is -0.659. The molecule has 0 heterocycles. The van der Waals surface area contributed by atoms with Gasteiger partial charge in [0, 0.05) is 5.02 Å². The second-order valence-electron chi connectivity index (χ2n) is 5.79. The molecule has 0 aliphatic rings. The number of carbonyl (C=O) groups excluding carboxylic acids is 1. The molecule has 2 aromatic rings. The van der Waals surface area contributed by atoms with E-state index < -0.39 is 6.10 Å². The molecular weight excluding hydrogens is 326 g/mol. The van der Waals surface area contributed by atoms with Crippen LogP contribution in [-0.2, 0) is 4.79 Å². The number of carbonyl (C=O) groups is 1. The molecule has 128 valence electrons. The molecule has 0 aliphatic heterocycles. The number of rotatable bonds is 6. The number of para-hydroxylation sites is 1. The van der Waals surface area contributed by atoms with Crippen LogP contribution in [0.2, 0.25) is 5.02 Å². The third kappa shape index (κ3) is 4.42. The average Bonchev–Trinajstić information content (AvgIpc) is 2.55. The molecule has 0 saturated carbocycles. The quantitative estimate of drug-likeness (QED) is 0.810. The van der Waals surface area contributed by atoms with Gasteiger partial charge in [-0.15, -0.1) is 0 Å². The zero-order valence-electron chi connectivity index (χ0n) is 14.3. The Morgan fingerprint density at radius 2 is 1.79 bits per heavy atom. The van der Waals surface area contributed by atoms with Crippen molar-refractivity contribution in [1.82, 2.24) is 0 Å². The molecule has 1 amide bonds. The van der Waals surface area contributed by atoms with Gasteiger partial charge < -0.3 is 14.8 Å². The molecule has 0 radical (unpaired) electrons. The zero-order chi connectivity index (χ0) is 17.7. The summed E-state index contributed by atoms with van der Waals surface area (Å²) in [4.78, 5) is 12.4. The van der Waals surface area contributed by atoms with Gasteiger partial charge in [-0.1, -0.05) is 43.6 Å². The first-order chi connectivity index (χ1) is 11.4. The van der Waals surface area contributed by atoms with Crippen molar-refractivity contribution in [2.24, 2.45) is 0 Å². The van der Waals surface area contributed by atoms with Crippen molar-refractivity contribution in [3.63, 3.8) is 0 Å². The molecule has 1 atom stereocenters. The lowest BCUT2D eigenvalue weighted by Gasteiger charge is -2.19. The minimum absolute atomic E-state index is 0.269. The van der Waals surface area contributed by atoms with Crippen molar-refractivity contribution in [1.29, 1.82) is 0 Å². The Morgan fingerprint density at radius 1 is 1.08 bits per heavy atom.